The van der Waals surface area contributed by atoms with Gasteiger partial charge in [0.15, 0.2) is 6.61 Å². The molecule has 3 nitrogen and oxygen atoms in total. The van der Waals surface area contributed by atoms with Gasteiger partial charge in [-0.15, -0.1) is 0 Å². The van der Waals surface area contributed by atoms with Crippen LogP contribution >= 0.6 is 11.6 Å². The molecule has 0 amide bonds. The zero-order chi connectivity index (χ0) is 13.7. The smallest absolute Gasteiger partial charge is 0.201 e. The van der Waals surface area contributed by atoms with E-state index in [9.17, 15) is 9.59 Å². The van der Waals surface area contributed by atoms with Crippen LogP contribution in [0.15, 0.2) is 48.5 Å². The summed E-state index contributed by atoms with van der Waals surface area (Å²) in [4.78, 5) is 22.5. The monoisotopic (exact) mass is 274 g/mol. The summed E-state index contributed by atoms with van der Waals surface area (Å²) in [5, 5.41) is 0.401. The highest BCUT2D eigenvalue weighted by molar-refractivity contribution is 6.34. The van der Waals surface area contributed by atoms with Crippen LogP contribution in [0.25, 0.3) is 0 Å². The predicted molar refractivity (Wildman–Crippen MR) is 73.1 cm³/mol. The number of hydrogen-bond donors (Lipinski definition) is 0. The molecule has 0 aliphatic rings. The van der Waals surface area contributed by atoms with E-state index in [1.807, 2.05) is 0 Å². The van der Waals surface area contributed by atoms with Crippen molar-refractivity contribution in [2.75, 3.05) is 6.61 Å². The topological polar surface area (TPSA) is 43.4 Å². The van der Waals surface area contributed by atoms with Gasteiger partial charge in [-0.1, -0.05) is 35.9 Å². The van der Waals surface area contributed by atoms with Gasteiger partial charge in [0.25, 0.3) is 0 Å². The van der Waals surface area contributed by atoms with Crippen molar-refractivity contribution >= 4 is 23.7 Å². The first-order valence-corrected chi connectivity index (χ1v) is 6.04. The van der Waals surface area contributed by atoms with Crippen molar-refractivity contribution in [1.29, 1.82) is 0 Å². The lowest BCUT2D eigenvalue weighted by Gasteiger charge is -2.06. The van der Waals surface area contributed by atoms with Gasteiger partial charge in [-0.05, 0) is 24.3 Å². The first-order chi connectivity index (χ1) is 9.20. The van der Waals surface area contributed by atoms with E-state index < -0.39 is 0 Å². The lowest BCUT2D eigenvalue weighted by Crippen LogP contribution is -2.12. The number of aldehydes is 1. The molecule has 0 N–H and O–H groups in total. The van der Waals surface area contributed by atoms with Gasteiger partial charge in [0.2, 0.25) is 5.78 Å². The van der Waals surface area contributed by atoms with Gasteiger partial charge >= 0.3 is 0 Å². The number of rotatable bonds is 5. The number of ketones is 1. The highest BCUT2D eigenvalue weighted by Gasteiger charge is 2.10. The van der Waals surface area contributed by atoms with E-state index in [1.165, 1.54) is 0 Å². The van der Waals surface area contributed by atoms with Crippen molar-refractivity contribution < 1.29 is 14.3 Å². The van der Waals surface area contributed by atoms with E-state index in [0.717, 1.165) is 6.29 Å². The van der Waals surface area contributed by atoms with Gasteiger partial charge in [0, 0.05) is 11.1 Å². The van der Waals surface area contributed by atoms with E-state index in [1.54, 1.807) is 48.5 Å². The second kappa shape index (κ2) is 6.16. The number of carbonyl (C=O) groups excluding carboxylic acids is 2. The first kappa shape index (κ1) is 13.3. The van der Waals surface area contributed by atoms with Crippen LogP contribution in [0.5, 0.6) is 5.75 Å². The van der Waals surface area contributed by atoms with Crippen LogP contribution in [-0.2, 0) is 0 Å². The molecule has 2 aromatic rings. The maximum atomic E-state index is 11.9. The number of ether oxygens (including phenoxy) is 1. The molecular weight excluding hydrogens is 264 g/mol. The summed E-state index contributed by atoms with van der Waals surface area (Å²) < 4.78 is 5.35. The fraction of sp³-hybridized carbons (Fsp3) is 0.0667. The van der Waals surface area contributed by atoms with Crippen LogP contribution in [0.3, 0.4) is 0 Å². The second-order valence-electron chi connectivity index (χ2n) is 3.88. The number of carbonyl (C=O) groups is 2. The van der Waals surface area contributed by atoms with Gasteiger partial charge in [0.1, 0.15) is 12.0 Å². The van der Waals surface area contributed by atoms with Gasteiger partial charge in [-0.25, -0.2) is 0 Å². The standard InChI is InChI=1S/C15H11ClO3/c16-14-7-2-1-6-13(14)15(18)10-19-12-5-3-4-11(8-12)9-17/h1-9H,10H2. The molecule has 0 fully saturated rings. The maximum Gasteiger partial charge on any atom is 0.201 e. The van der Waals surface area contributed by atoms with Gasteiger partial charge in [-0.2, -0.15) is 0 Å². The van der Waals surface area contributed by atoms with Crippen LogP contribution in [0, 0.1) is 0 Å². The Morgan fingerprint density at radius 3 is 2.68 bits per heavy atom. The summed E-state index contributed by atoms with van der Waals surface area (Å²) in [5.41, 5.74) is 0.929. The second-order valence-corrected chi connectivity index (χ2v) is 4.29. The van der Waals surface area contributed by atoms with Crippen molar-refractivity contribution in [2.45, 2.75) is 0 Å². The summed E-state index contributed by atoms with van der Waals surface area (Å²) in [6.07, 6.45) is 0.725. The molecule has 0 saturated carbocycles. The zero-order valence-corrected chi connectivity index (χ0v) is 10.8. The quantitative estimate of drug-likeness (QED) is 0.620. The molecule has 0 aromatic heterocycles. The van der Waals surface area contributed by atoms with Crippen molar-refractivity contribution in [2.24, 2.45) is 0 Å². The molecule has 0 aliphatic heterocycles. The molecule has 0 bridgehead atoms. The van der Waals surface area contributed by atoms with Gasteiger partial charge in [-0.3, -0.25) is 9.59 Å². The lowest BCUT2D eigenvalue weighted by atomic mass is 10.1. The van der Waals surface area contributed by atoms with Crippen LogP contribution < -0.4 is 4.74 Å². The molecule has 0 saturated heterocycles. The zero-order valence-electron chi connectivity index (χ0n) is 10.0. The first-order valence-electron chi connectivity index (χ1n) is 5.66. The Morgan fingerprint density at radius 2 is 1.95 bits per heavy atom. The van der Waals surface area contributed by atoms with Crippen molar-refractivity contribution in [1.82, 2.24) is 0 Å². The molecule has 2 aromatic carbocycles. The normalized spacial score (nSPS) is 9.95. The minimum atomic E-state index is -0.206. The molecule has 0 aliphatic carbocycles. The van der Waals surface area contributed by atoms with E-state index >= 15 is 0 Å². The lowest BCUT2D eigenvalue weighted by molar-refractivity contribution is 0.0921. The number of benzene rings is 2. The molecule has 19 heavy (non-hydrogen) atoms. The summed E-state index contributed by atoms with van der Waals surface area (Å²) >= 11 is 5.93. The Balaban J connectivity index is 2.04. The molecular formula is C15H11ClO3. The molecule has 0 unspecified atom stereocenters. The largest absolute Gasteiger partial charge is 0.485 e. The third-order valence-corrected chi connectivity index (χ3v) is 2.87. The molecule has 2 rings (SSSR count). The van der Waals surface area contributed by atoms with Crippen LogP contribution in [-0.4, -0.2) is 18.7 Å². The molecule has 0 atom stereocenters. The molecule has 0 radical (unpaired) electrons. The van der Waals surface area contributed by atoms with Crippen molar-refractivity contribution in [3.05, 3.63) is 64.7 Å². The third-order valence-electron chi connectivity index (χ3n) is 2.54. The van der Waals surface area contributed by atoms with E-state index in [-0.39, 0.29) is 12.4 Å². The third kappa shape index (κ3) is 3.42. The Morgan fingerprint density at radius 1 is 1.16 bits per heavy atom. The van der Waals surface area contributed by atoms with Gasteiger partial charge < -0.3 is 4.74 Å². The predicted octanol–water partition coefficient (Wildman–Crippen LogP) is 3.41. The molecule has 0 heterocycles. The average Bonchev–Trinajstić information content (AvgIpc) is 2.45. The fourth-order valence-electron chi connectivity index (χ4n) is 1.59. The Labute approximate surface area is 115 Å². The van der Waals surface area contributed by atoms with Crippen LogP contribution in [0.1, 0.15) is 20.7 Å². The summed E-state index contributed by atoms with van der Waals surface area (Å²) in [6.45, 7) is -0.119. The number of halogens is 1. The Hall–Kier alpha value is -2.13. The summed E-state index contributed by atoms with van der Waals surface area (Å²) in [6, 6.07) is 13.4. The highest BCUT2D eigenvalue weighted by Crippen LogP contribution is 2.17. The molecule has 96 valence electrons. The number of Topliss-reactive ketones (excluding diaryl/α,β-unsaturated/α-hetero) is 1. The molecule has 0 spiro atoms. The average molecular weight is 275 g/mol. The summed E-state index contributed by atoms with van der Waals surface area (Å²) in [5.74, 6) is 0.270. The van der Waals surface area contributed by atoms with Crippen molar-refractivity contribution in [3.63, 3.8) is 0 Å². The highest BCUT2D eigenvalue weighted by atomic mass is 35.5. The number of hydrogen-bond acceptors (Lipinski definition) is 3. The minimum absolute atomic E-state index is 0.119. The van der Waals surface area contributed by atoms with E-state index in [2.05, 4.69) is 0 Å². The maximum absolute atomic E-state index is 11.9. The van der Waals surface area contributed by atoms with Crippen LogP contribution in [0.4, 0.5) is 0 Å². The van der Waals surface area contributed by atoms with Crippen molar-refractivity contribution in [3.8, 4) is 5.75 Å². The Kier molecular flexibility index (Phi) is 4.31. The van der Waals surface area contributed by atoms with Crippen LogP contribution in [0.2, 0.25) is 5.02 Å². The fourth-order valence-corrected chi connectivity index (χ4v) is 1.83. The Bertz CT molecular complexity index is 608. The SMILES string of the molecule is O=Cc1cccc(OCC(=O)c2ccccc2Cl)c1. The summed E-state index contributed by atoms with van der Waals surface area (Å²) in [7, 11) is 0. The van der Waals surface area contributed by atoms with Gasteiger partial charge in [0.05, 0.1) is 5.02 Å². The van der Waals surface area contributed by atoms with E-state index in [0.29, 0.717) is 21.9 Å². The molecule has 4 heteroatoms. The van der Waals surface area contributed by atoms with E-state index in [4.69, 9.17) is 16.3 Å². The minimum Gasteiger partial charge on any atom is -0.485 e.